The predicted octanol–water partition coefficient (Wildman–Crippen LogP) is 3.77. The number of ether oxygens (including phenoxy) is 1. The molecule has 1 unspecified atom stereocenters. The molecule has 0 aliphatic carbocycles. The van der Waals surface area contributed by atoms with Gasteiger partial charge < -0.3 is 15.2 Å². The zero-order valence-corrected chi connectivity index (χ0v) is 13.2. The Morgan fingerprint density at radius 3 is 2.47 bits per heavy atom. The summed E-state index contributed by atoms with van der Waals surface area (Å²) in [7, 11) is 0. The van der Waals surface area contributed by atoms with E-state index in [4.69, 9.17) is 9.84 Å². The van der Waals surface area contributed by atoms with Crippen molar-refractivity contribution in [2.45, 2.75) is 53.5 Å². The second-order valence-corrected chi connectivity index (χ2v) is 3.46. The minimum Gasteiger partial charge on any atom is -0.489 e. The Labute approximate surface area is 119 Å². The fourth-order valence-electron chi connectivity index (χ4n) is 1.52. The molecule has 3 nitrogen and oxygen atoms in total. The summed E-state index contributed by atoms with van der Waals surface area (Å²) >= 11 is 0. The van der Waals surface area contributed by atoms with Crippen LogP contribution in [-0.2, 0) is 4.74 Å². The fraction of sp³-hybridized carbons (Fsp3) is 0.625. The van der Waals surface area contributed by atoms with Crippen molar-refractivity contribution in [3.63, 3.8) is 0 Å². The van der Waals surface area contributed by atoms with E-state index in [0.717, 1.165) is 17.9 Å². The van der Waals surface area contributed by atoms with Gasteiger partial charge in [-0.1, -0.05) is 53.3 Å². The maximum atomic E-state index is 8.86. The first kappa shape index (κ1) is 20.1. The van der Waals surface area contributed by atoms with E-state index in [9.17, 15) is 0 Å². The van der Waals surface area contributed by atoms with Crippen LogP contribution >= 0.6 is 0 Å². The molecule has 0 saturated carbocycles. The van der Waals surface area contributed by atoms with Crippen molar-refractivity contribution in [1.82, 2.24) is 5.32 Å². The second kappa shape index (κ2) is 14.8. The highest BCUT2D eigenvalue weighted by Crippen LogP contribution is 2.17. The molecule has 0 aromatic carbocycles. The van der Waals surface area contributed by atoms with Crippen LogP contribution in [0.2, 0.25) is 0 Å². The molecule has 0 radical (unpaired) electrons. The van der Waals surface area contributed by atoms with Gasteiger partial charge in [0.25, 0.3) is 0 Å². The molecule has 2 N–H and O–H groups in total. The monoisotopic (exact) mass is 269 g/mol. The van der Waals surface area contributed by atoms with Crippen molar-refractivity contribution in [3.05, 3.63) is 36.3 Å². The maximum Gasteiger partial charge on any atom is 0.142 e. The molecule has 3 heteroatoms. The minimum absolute atomic E-state index is 0.181. The van der Waals surface area contributed by atoms with Gasteiger partial charge in [0.1, 0.15) is 12.4 Å². The Kier molecular flexibility index (Phi) is 15.7. The molecule has 1 fully saturated rings. The Morgan fingerprint density at radius 1 is 1.37 bits per heavy atom. The average molecular weight is 269 g/mol. The lowest BCUT2D eigenvalue weighted by atomic mass is 10.1. The Hall–Kier alpha value is -1.22. The highest BCUT2D eigenvalue weighted by molar-refractivity contribution is 5.29. The first-order chi connectivity index (χ1) is 9.31. The largest absolute Gasteiger partial charge is 0.489 e. The van der Waals surface area contributed by atoms with Crippen molar-refractivity contribution in [1.29, 1.82) is 0 Å². The van der Waals surface area contributed by atoms with Crippen LogP contribution in [0.3, 0.4) is 0 Å². The molecule has 1 heterocycles. The van der Waals surface area contributed by atoms with Gasteiger partial charge in [-0.15, -0.1) is 0 Å². The lowest BCUT2D eigenvalue weighted by molar-refractivity contribution is 0.140. The van der Waals surface area contributed by atoms with E-state index in [2.05, 4.69) is 24.9 Å². The number of rotatable bonds is 4. The number of aliphatic hydroxyl groups is 1. The smallest absolute Gasteiger partial charge is 0.142 e. The van der Waals surface area contributed by atoms with Gasteiger partial charge in [-0.2, -0.15) is 0 Å². The topological polar surface area (TPSA) is 41.5 Å². The standard InChI is InChI=1S/C12H19NO2.2C2H6/c1-3-5-11-12(6-4-2)15-9-10(13-11)7-8-14;2*1-2/h4-6,10,13-14H,2-3,7-9H2,1H3;2*1-2H3/b11-5+,12-6+;;. The third-order valence-electron chi connectivity index (χ3n) is 2.22. The lowest BCUT2D eigenvalue weighted by Gasteiger charge is -2.29. The van der Waals surface area contributed by atoms with Crippen molar-refractivity contribution >= 4 is 0 Å². The molecule has 0 amide bonds. The van der Waals surface area contributed by atoms with Gasteiger partial charge in [0.05, 0.1) is 11.7 Å². The van der Waals surface area contributed by atoms with Crippen LogP contribution in [0.1, 0.15) is 47.5 Å². The van der Waals surface area contributed by atoms with E-state index in [-0.39, 0.29) is 12.6 Å². The molecule has 0 spiro atoms. The Bertz CT molecular complexity index is 270. The van der Waals surface area contributed by atoms with Gasteiger partial charge in [0.2, 0.25) is 0 Å². The zero-order valence-electron chi connectivity index (χ0n) is 13.2. The molecule has 112 valence electrons. The highest BCUT2D eigenvalue weighted by Gasteiger charge is 2.19. The van der Waals surface area contributed by atoms with Crippen LogP contribution < -0.4 is 5.32 Å². The molecule has 1 saturated heterocycles. The zero-order chi connectivity index (χ0) is 15.1. The molecule has 0 aromatic heterocycles. The van der Waals surface area contributed by atoms with E-state index in [1.165, 1.54) is 0 Å². The molecule has 19 heavy (non-hydrogen) atoms. The summed E-state index contributed by atoms with van der Waals surface area (Å²) in [6.45, 7) is 14.5. The van der Waals surface area contributed by atoms with E-state index in [0.29, 0.717) is 13.0 Å². The quantitative estimate of drug-likeness (QED) is 0.816. The summed E-state index contributed by atoms with van der Waals surface area (Å²) in [5, 5.41) is 12.2. The van der Waals surface area contributed by atoms with Crippen LogP contribution in [0.15, 0.2) is 36.3 Å². The number of allylic oxidation sites excluding steroid dienone is 3. The van der Waals surface area contributed by atoms with Crippen molar-refractivity contribution in [3.8, 4) is 0 Å². The number of hydrogen-bond acceptors (Lipinski definition) is 3. The van der Waals surface area contributed by atoms with Crippen LogP contribution in [0, 0.1) is 0 Å². The Balaban J connectivity index is 0. The van der Waals surface area contributed by atoms with Gasteiger partial charge in [0.15, 0.2) is 0 Å². The molecule has 1 aliphatic heterocycles. The van der Waals surface area contributed by atoms with Crippen molar-refractivity contribution in [2.24, 2.45) is 0 Å². The SMILES string of the molecule is C=C/C=C1/OCC(CCO)N/C1=C/CC.CC.CC. The molecule has 0 aromatic rings. The van der Waals surface area contributed by atoms with E-state index < -0.39 is 0 Å². The van der Waals surface area contributed by atoms with E-state index >= 15 is 0 Å². The summed E-state index contributed by atoms with van der Waals surface area (Å²) in [4.78, 5) is 0. The number of nitrogens with one attached hydrogen (secondary N) is 1. The van der Waals surface area contributed by atoms with Crippen molar-refractivity contribution < 1.29 is 9.84 Å². The van der Waals surface area contributed by atoms with Gasteiger partial charge in [0, 0.05) is 6.61 Å². The van der Waals surface area contributed by atoms with Crippen LogP contribution in [0.4, 0.5) is 0 Å². The Morgan fingerprint density at radius 2 is 2.00 bits per heavy atom. The molecule has 1 rings (SSSR count). The third kappa shape index (κ3) is 8.49. The van der Waals surface area contributed by atoms with Gasteiger partial charge in [-0.05, 0) is 18.9 Å². The van der Waals surface area contributed by atoms with Gasteiger partial charge >= 0.3 is 0 Å². The first-order valence-electron chi connectivity index (χ1n) is 7.35. The third-order valence-corrected chi connectivity index (χ3v) is 2.22. The fourth-order valence-corrected chi connectivity index (χ4v) is 1.52. The summed E-state index contributed by atoms with van der Waals surface area (Å²) in [5.41, 5.74) is 1.00. The molecular weight excluding hydrogens is 238 g/mol. The van der Waals surface area contributed by atoms with E-state index in [1.54, 1.807) is 6.08 Å². The summed E-state index contributed by atoms with van der Waals surface area (Å²) < 4.78 is 5.60. The van der Waals surface area contributed by atoms with Crippen LogP contribution in [0.5, 0.6) is 0 Å². The number of hydrogen-bond donors (Lipinski definition) is 2. The maximum absolute atomic E-state index is 8.86. The average Bonchev–Trinajstić information content (AvgIpc) is 2.47. The van der Waals surface area contributed by atoms with Crippen molar-refractivity contribution in [2.75, 3.05) is 13.2 Å². The van der Waals surface area contributed by atoms with E-state index in [1.807, 2.05) is 33.8 Å². The highest BCUT2D eigenvalue weighted by atomic mass is 16.5. The number of aliphatic hydroxyl groups excluding tert-OH is 1. The molecule has 0 bridgehead atoms. The number of morpholine rings is 1. The summed E-state index contributed by atoms with van der Waals surface area (Å²) in [5.74, 6) is 0.834. The minimum atomic E-state index is 0.181. The summed E-state index contributed by atoms with van der Waals surface area (Å²) in [6, 6.07) is 0.203. The second-order valence-electron chi connectivity index (χ2n) is 3.46. The van der Waals surface area contributed by atoms with Crippen LogP contribution in [0.25, 0.3) is 0 Å². The van der Waals surface area contributed by atoms with Gasteiger partial charge in [-0.3, -0.25) is 0 Å². The molecule has 1 atom stereocenters. The molecular formula is C16H31NO2. The first-order valence-corrected chi connectivity index (χ1v) is 7.35. The normalized spacial score (nSPS) is 21.3. The predicted molar refractivity (Wildman–Crippen MR) is 83.9 cm³/mol. The molecule has 1 aliphatic rings. The lowest BCUT2D eigenvalue weighted by Crippen LogP contribution is -2.39. The summed E-state index contributed by atoms with van der Waals surface area (Å²) in [6.07, 6.45) is 7.31. The van der Waals surface area contributed by atoms with Crippen LogP contribution in [-0.4, -0.2) is 24.4 Å². The van der Waals surface area contributed by atoms with Gasteiger partial charge in [-0.25, -0.2) is 0 Å².